The summed E-state index contributed by atoms with van der Waals surface area (Å²) in [6, 6.07) is 4.84. The van der Waals surface area contributed by atoms with Gasteiger partial charge < -0.3 is 11.1 Å². The summed E-state index contributed by atoms with van der Waals surface area (Å²) >= 11 is 5.79. The number of nitrogens with one attached hydrogen (secondary N) is 1. The van der Waals surface area contributed by atoms with Gasteiger partial charge in [0.05, 0.1) is 10.7 Å². The van der Waals surface area contributed by atoms with Gasteiger partial charge in [-0.2, -0.15) is 0 Å². The third-order valence-electron chi connectivity index (χ3n) is 1.52. The molecule has 0 spiro atoms. The van der Waals surface area contributed by atoms with Gasteiger partial charge in [0.25, 0.3) is 0 Å². The number of halogens is 1. The van der Waals surface area contributed by atoms with E-state index in [-0.39, 0.29) is 0 Å². The zero-order chi connectivity index (χ0) is 9.14. The van der Waals surface area contributed by atoms with E-state index >= 15 is 0 Å². The van der Waals surface area contributed by atoms with Gasteiger partial charge in [-0.1, -0.05) is 11.6 Å². The first-order chi connectivity index (χ1) is 5.65. The molecule has 0 heterocycles. The van der Waals surface area contributed by atoms with Crippen LogP contribution >= 0.6 is 11.6 Å². The second kappa shape index (κ2) is 3.45. The van der Waals surface area contributed by atoms with Crippen LogP contribution in [0.5, 0.6) is 0 Å². The van der Waals surface area contributed by atoms with Crippen LogP contribution in [0.15, 0.2) is 18.2 Å². The first-order valence-electron chi connectivity index (χ1n) is 3.42. The lowest BCUT2D eigenvalue weighted by Crippen LogP contribution is -2.11. The fourth-order valence-electron chi connectivity index (χ4n) is 0.870. The number of amides is 1. The average Bonchev–Trinajstić information content (AvgIpc) is 2.05. The minimum atomic E-state index is -0.455. The van der Waals surface area contributed by atoms with Crippen LogP contribution in [0, 0.1) is 0 Å². The quantitative estimate of drug-likeness (QED) is 0.732. The molecular weight excluding hydrogens is 176 g/mol. The smallest absolute Gasteiger partial charge is 0.248 e. The number of carbonyl (C=O) groups excluding carboxylic acids is 1. The van der Waals surface area contributed by atoms with Gasteiger partial charge in [-0.3, -0.25) is 4.79 Å². The summed E-state index contributed by atoms with van der Waals surface area (Å²) in [7, 11) is 1.73. The van der Waals surface area contributed by atoms with E-state index in [1.165, 1.54) is 0 Å². The fourth-order valence-corrected chi connectivity index (χ4v) is 1.08. The number of anilines is 1. The van der Waals surface area contributed by atoms with Gasteiger partial charge in [0, 0.05) is 12.6 Å². The van der Waals surface area contributed by atoms with Crippen LogP contribution in [-0.4, -0.2) is 13.0 Å². The van der Waals surface area contributed by atoms with Crippen molar-refractivity contribution >= 4 is 23.2 Å². The fraction of sp³-hybridized carbons (Fsp3) is 0.125. The molecular formula is C8H9ClN2O. The van der Waals surface area contributed by atoms with Gasteiger partial charge in [-0.15, -0.1) is 0 Å². The van der Waals surface area contributed by atoms with Crippen molar-refractivity contribution in [3.63, 3.8) is 0 Å². The van der Waals surface area contributed by atoms with Crippen molar-refractivity contribution in [2.24, 2.45) is 5.73 Å². The zero-order valence-electron chi connectivity index (χ0n) is 6.60. The number of primary amides is 1. The second-order valence-electron chi connectivity index (χ2n) is 2.31. The summed E-state index contributed by atoms with van der Waals surface area (Å²) in [4.78, 5) is 10.7. The molecule has 0 saturated heterocycles. The Morgan fingerprint density at radius 3 is 2.75 bits per heavy atom. The third-order valence-corrected chi connectivity index (χ3v) is 1.85. The Bertz CT molecular complexity index is 312. The molecule has 12 heavy (non-hydrogen) atoms. The van der Waals surface area contributed by atoms with Crippen molar-refractivity contribution < 1.29 is 4.79 Å². The summed E-state index contributed by atoms with van der Waals surface area (Å²) < 4.78 is 0. The van der Waals surface area contributed by atoms with Gasteiger partial charge in [0.2, 0.25) is 5.91 Å². The first-order valence-corrected chi connectivity index (χ1v) is 3.80. The Balaban J connectivity index is 3.13. The maximum atomic E-state index is 10.7. The maximum Gasteiger partial charge on any atom is 0.248 e. The monoisotopic (exact) mass is 184 g/mol. The maximum absolute atomic E-state index is 10.7. The number of carbonyl (C=O) groups is 1. The number of nitrogens with two attached hydrogens (primary N) is 1. The lowest BCUT2D eigenvalue weighted by atomic mass is 10.2. The summed E-state index contributed by atoms with van der Waals surface area (Å²) in [5, 5.41) is 3.42. The molecule has 64 valence electrons. The Morgan fingerprint density at radius 2 is 2.25 bits per heavy atom. The van der Waals surface area contributed by atoms with Crippen LogP contribution in [0.2, 0.25) is 5.02 Å². The number of rotatable bonds is 2. The number of hydrogen-bond donors (Lipinski definition) is 2. The summed E-state index contributed by atoms with van der Waals surface area (Å²) in [6.45, 7) is 0. The molecule has 1 rings (SSSR count). The topological polar surface area (TPSA) is 55.1 Å². The van der Waals surface area contributed by atoms with Crippen molar-refractivity contribution in [2.45, 2.75) is 0 Å². The molecule has 1 amide bonds. The minimum Gasteiger partial charge on any atom is -0.387 e. The summed E-state index contributed by atoms with van der Waals surface area (Å²) in [5.41, 5.74) is 6.23. The highest BCUT2D eigenvalue weighted by atomic mass is 35.5. The van der Waals surface area contributed by atoms with E-state index in [1.807, 2.05) is 0 Å². The Morgan fingerprint density at radius 1 is 1.58 bits per heavy atom. The molecule has 0 bridgehead atoms. The molecule has 4 heteroatoms. The average molecular weight is 185 g/mol. The third kappa shape index (κ3) is 1.68. The number of hydrogen-bond acceptors (Lipinski definition) is 2. The summed E-state index contributed by atoms with van der Waals surface area (Å²) in [5.74, 6) is -0.455. The lowest BCUT2D eigenvalue weighted by Gasteiger charge is -2.03. The molecule has 0 aliphatic heterocycles. The largest absolute Gasteiger partial charge is 0.387 e. The molecule has 3 nitrogen and oxygen atoms in total. The normalized spacial score (nSPS) is 9.50. The highest BCUT2D eigenvalue weighted by molar-refractivity contribution is 6.33. The molecule has 0 saturated carbocycles. The van der Waals surface area contributed by atoms with E-state index in [2.05, 4.69) is 5.32 Å². The van der Waals surface area contributed by atoms with E-state index in [9.17, 15) is 4.79 Å². The van der Waals surface area contributed by atoms with E-state index in [1.54, 1.807) is 25.2 Å². The van der Waals surface area contributed by atoms with Gasteiger partial charge in [-0.05, 0) is 18.2 Å². The summed E-state index contributed by atoms with van der Waals surface area (Å²) in [6.07, 6.45) is 0. The van der Waals surface area contributed by atoms with Crippen molar-refractivity contribution in [3.8, 4) is 0 Å². The van der Waals surface area contributed by atoms with Crippen LogP contribution < -0.4 is 11.1 Å². The molecule has 1 aromatic rings. The molecule has 0 aliphatic rings. The molecule has 0 unspecified atom stereocenters. The molecule has 0 fully saturated rings. The Hall–Kier alpha value is -1.22. The predicted octanol–water partition coefficient (Wildman–Crippen LogP) is 1.48. The molecule has 3 N–H and O–H groups in total. The number of benzene rings is 1. The second-order valence-corrected chi connectivity index (χ2v) is 2.72. The van der Waals surface area contributed by atoms with Gasteiger partial charge in [0.15, 0.2) is 0 Å². The first kappa shape index (κ1) is 8.87. The van der Waals surface area contributed by atoms with Gasteiger partial charge in [-0.25, -0.2) is 0 Å². The lowest BCUT2D eigenvalue weighted by molar-refractivity contribution is 0.100. The SMILES string of the molecule is CNc1cc(C(N)=O)ccc1Cl. The van der Waals surface area contributed by atoms with E-state index in [4.69, 9.17) is 17.3 Å². The van der Waals surface area contributed by atoms with Crippen LogP contribution in [0.4, 0.5) is 5.69 Å². The van der Waals surface area contributed by atoms with Crippen LogP contribution in [0.25, 0.3) is 0 Å². The van der Waals surface area contributed by atoms with E-state index in [0.717, 1.165) is 0 Å². The molecule has 0 aliphatic carbocycles. The molecule has 1 aromatic carbocycles. The van der Waals surface area contributed by atoms with Crippen molar-refractivity contribution in [2.75, 3.05) is 12.4 Å². The van der Waals surface area contributed by atoms with Gasteiger partial charge in [0.1, 0.15) is 0 Å². The Labute approximate surface area is 75.5 Å². The van der Waals surface area contributed by atoms with Crippen molar-refractivity contribution in [3.05, 3.63) is 28.8 Å². The van der Waals surface area contributed by atoms with Crippen molar-refractivity contribution in [1.82, 2.24) is 0 Å². The predicted molar refractivity (Wildman–Crippen MR) is 49.5 cm³/mol. The van der Waals surface area contributed by atoms with Crippen molar-refractivity contribution in [1.29, 1.82) is 0 Å². The highest BCUT2D eigenvalue weighted by Gasteiger charge is 2.03. The molecule has 0 aromatic heterocycles. The Kier molecular flexibility index (Phi) is 2.55. The molecule has 0 radical (unpaired) electrons. The standard InChI is InChI=1S/C8H9ClN2O/c1-11-7-4-5(8(10)12)2-3-6(7)9/h2-4,11H,1H3,(H2,10,12). The minimum absolute atomic E-state index is 0.448. The highest BCUT2D eigenvalue weighted by Crippen LogP contribution is 2.21. The van der Waals surface area contributed by atoms with E-state index in [0.29, 0.717) is 16.3 Å². The zero-order valence-corrected chi connectivity index (χ0v) is 7.35. The van der Waals surface area contributed by atoms with Crippen LogP contribution in [0.1, 0.15) is 10.4 Å². The van der Waals surface area contributed by atoms with Gasteiger partial charge >= 0.3 is 0 Å². The van der Waals surface area contributed by atoms with Crippen LogP contribution in [-0.2, 0) is 0 Å². The molecule has 0 atom stereocenters. The van der Waals surface area contributed by atoms with Crippen LogP contribution in [0.3, 0.4) is 0 Å². The van der Waals surface area contributed by atoms with E-state index < -0.39 is 5.91 Å².